The van der Waals surface area contributed by atoms with E-state index in [1.165, 1.54) is 0 Å². The number of benzene rings is 1. The molecule has 0 radical (unpaired) electrons. The van der Waals surface area contributed by atoms with E-state index in [-0.39, 0.29) is 30.0 Å². The fraction of sp³-hybridized carbons (Fsp3) is 0.550. The summed E-state index contributed by atoms with van der Waals surface area (Å²) in [7, 11) is 0. The van der Waals surface area contributed by atoms with Crippen molar-refractivity contribution in [1.82, 2.24) is 15.5 Å². The Bertz CT molecular complexity index is 652. The maximum absolute atomic E-state index is 12.4. The molecule has 1 aliphatic rings. The van der Waals surface area contributed by atoms with Gasteiger partial charge in [-0.25, -0.2) is 4.79 Å². The van der Waals surface area contributed by atoms with Crippen LogP contribution in [0.5, 0.6) is 0 Å². The van der Waals surface area contributed by atoms with E-state index in [0.717, 1.165) is 6.42 Å². The van der Waals surface area contributed by atoms with Crippen molar-refractivity contribution >= 4 is 17.9 Å². The maximum Gasteiger partial charge on any atom is 0.409 e. The molecule has 0 bridgehead atoms. The second-order valence-corrected chi connectivity index (χ2v) is 6.79. The van der Waals surface area contributed by atoms with Crippen LogP contribution in [-0.2, 0) is 4.74 Å². The summed E-state index contributed by atoms with van der Waals surface area (Å²) in [5.74, 6) is -0.305. The lowest BCUT2D eigenvalue weighted by Crippen LogP contribution is -2.46. The zero-order valence-corrected chi connectivity index (χ0v) is 16.3. The first-order chi connectivity index (χ1) is 12.9. The molecule has 1 heterocycles. The van der Waals surface area contributed by atoms with Gasteiger partial charge in [0.1, 0.15) is 0 Å². The predicted octanol–water partition coefficient (Wildman–Crippen LogP) is 2.57. The summed E-state index contributed by atoms with van der Waals surface area (Å²) in [5.41, 5.74) is 1.05. The summed E-state index contributed by atoms with van der Waals surface area (Å²) in [6.45, 7) is 7.24. The fourth-order valence-corrected chi connectivity index (χ4v) is 2.87. The van der Waals surface area contributed by atoms with Crippen LogP contribution in [0.3, 0.4) is 0 Å². The van der Waals surface area contributed by atoms with Gasteiger partial charge in [-0.3, -0.25) is 9.59 Å². The molecule has 1 aromatic carbocycles. The summed E-state index contributed by atoms with van der Waals surface area (Å²) in [5, 5.41) is 5.90. The summed E-state index contributed by atoms with van der Waals surface area (Å²) in [6.07, 6.45) is 1.95. The first-order valence-corrected chi connectivity index (χ1v) is 9.58. The minimum Gasteiger partial charge on any atom is -0.450 e. The van der Waals surface area contributed by atoms with Gasteiger partial charge in [0.2, 0.25) is 0 Å². The number of nitrogens with zero attached hydrogens (tertiary/aromatic N) is 1. The smallest absolute Gasteiger partial charge is 0.409 e. The third-order valence-corrected chi connectivity index (χ3v) is 4.76. The Morgan fingerprint density at radius 2 is 1.63 bits per heavy atom. The SMILES string of the molecule is CCOC(=O)N1CCC(NC(=O)c2ccc(C(=O)NC(C)CC)cc2)CC1. The van der Waals surface area contributed by atoms with Crippen molar-refractivity contribution < 1.29 is 19.1 Å². The molecular formula is C20H29N3O4. The standard InChI is InChI=1S/C20H29N3O4/c1-4-14(3)21-18(24)15-6-8-16(9-7-15)19(25)22-17-10-12-23(13-11-17)20(26)27-5-2/h6-9,14,17H,4-5,10-13H2,1-3H3,(H,21,24)(H,22,25). The number of nitrogens with one attached hydrogen (secondary N) is 2. The molecule has 0 aromatic heterocycles. The molecule has 7 nitrogen and oxygen atoms in total. The quantitative estimate of drug-likeness (QED) is 0.800. The summed E-state index contributed by atoms with van der Waals surface area (Å²) in [6, 6.07) is 6.78. The van der Waals surface area contributed by atoms with Gasteiger partial charge in [-0.1, -0.05) is 6.92 Å². The molecule has 1 fully saturated rings. The minimum atomic E-state index is -0.298. The average Bonchev–Trinajstić information content (AvgIpc) is 2.68. The third kappa shape index (κ3) is 5.98. The molecule has 0 spiro atoms. The maximum atomic E-state index is 12.4. The Hall–Kier alpha value is -2.57. The van der Waals surface area contributed by atoms with Crippen LogP contribution in [0.1, 0.15) is 60.7 Å². The fourth-order valence-electron chi connectivity index (χ4n) is 2.87. The number of rotatable bonds is 6. The topological polar surface area (TPSA) is 87.7 Å². The van der Waals surface area contributed by atoms with Crippen molar-refractivity contribution in [3.63, 3.8) is 0 Å². The second-order valence-electron chi connectivity index (χ2n) is 6.79. The molecule has 0 aliphatic carbocycles. The van der Waals surface area contributed by atoms with Gasteiger partial charge in [-0.05, 0) is 57.4 Å². The average molecular weight is 375 g/mol. The van der Waals surface area contributed by atoms with Gasteiger partial charge in [0, 0.05) is 36.3 Å². The van der Waals surface area contributed by atoms with Crippen molar-refractivity contribution in [2.45, 2.75) is 52.1 Å². The molecule has 2 rings (SSSR count). The van der Waals surface area contributed by atoms with Crippen molar-refractivity contribution in [2.75, 3.05) is 19.7 Å². The van der Waals surface area contributed by atoms with E-state index >= 15 is 0 Å². The number of piperidine rings is 1. The monoisotopic (exact) mass is 375 g/mol. The van der Waals surface area contributed by atoms with E-state index in [1.54, 1.807) is 36.1 Å². The molecule has 3 amide bonds. The Morgan fingerprint density at radius 1 is 1.07 bits per heavy atom. The van der Waals surface area contributed by atoms with Gasteiger partial charge < -0.3 is 20.3 Å². The third-order valence-electron chi connectivity index (χ3n) is 4.76. The predicted molar refractivity (Wildman–Crippen MR) is 103 cm³/mol. The lowest BCUT2D eigenvalue weighted by atomic mass is 10.0. The normalized spacial score (nSPS) is 15.7. The van der Waals surface area contributed by atoms with Crippen molar-refractivity contribution in [2.24, 2.45) is 0 Å². The Kier molecular flexibility index (Phi) is 7.64. The summed E-state index contributed by atoms with van der Waals surface area (Å²) < 4.78 is 5.00. The van der Waals surface area contributed by atoms with Gasteiger partial charge in [-0.2, -0.15) is 0 Å². The van der Waals surface area contributed by atoms with Crippen LogP contribution in [0.25, 0.3) is 0 Å². The summed E-state index contributed by atoms with van der Waals surface area (Å²) in [4.78, 5) is 37.9. The molecule has 7 heteroatoms. The van der Waals surface area contributed by atoms with Crippen molar-refractivity contribution in [3.8, 4) is 0 Å². The molecule has 1 saturated heterocycles. The highest BCUT2D eigenvalue weighted by Crippen LogP contribution is 2.13. The highest BCUT2D eigenvalue weighted by molar-refractivity contribution is 5.98. The molecule has 2 N–H and O–H groups in total. The van der Waals surface area contributed by atoms with E-state index in [9.17, 15) is 14.4 Å². The van der Waals surface area contributed by atoms with Crippen LogP contribution in [0, 0.1) is 0 Å². The van der Waals surface area contributed by atoms with Gasteiger partial charge in [-0.15, -0.1) is 0 Å². The van der Waals surface area contributed by atoms with Gasteiger partial charge in [0.15, 0.2) is 0 Å². The van der Waals surface area contributed by atoms with E-state index in [2.05, 4.69) is 10.6 Å². The number of amides is 3. The molecule has 1 aromatic rings. The van der Waals surface area contributed by atoms with Gasteiger partial charge in [0.05, 0.1) is 6.61 Å². The van der Waals surface area contributed by atoms with E-state index in [1.807, 2.05) is 13.8 Å². The second kappa shape index (κ2) is 9.94. The number of carbonyl (C=O) groups is 3. The minimum absolute atomic E-state index is 0.0246. The number of likely N-dealkylation sites (tertiary alicyclic amines) is 1. The Morgan fingerprint density at radius 3 is 2.15 bits per heavy atom. The van der Waals surface area contributed by atoms with Crippen LogP contribution in [-0.4, -0.2) is 54.6 Å². The Balaban J connectivity index is 1.84. The molecule has 27 heavy (non-hydrogen) atoms. The summed E-state index contributed by atoms with van der Waals surface area (Å²) >= 11 is 0. The molecule has 0 saturated carbocycles. The molecule has 148 valence electrons. The first-order valence-electron chi connectivity index (χ1n) is 9.58. The zero-order valence-electron chi connectivity index (χ0n) is 16.3. The Labute approximate surface area is 160 Å². The largest absolute Gasteiger partial charge is 0.450 e. The zero-order chi connectivity index (χ0) is 19.8. The highest BCUT2D eigenvalue weighted by Gasteiger charge is 2.24. The molecule has 1 unspecified atom stereocenters. The van der Waals surface area contributed by atoms with E-state index in [0.29, 0.717) is 43.7 Å². The van der Waals surface area contributed by atoms with Crippen LogP contribution in [0.15, 0.2) is 24.3 Å². The van der Waals surface area contributed by atoms with Gasteiger partial charge in [0.25, 0.3) is 11.8 Å². The number of hydrogen-bond donors (Lipinski definition) is 2. The molecular weight excluding hydrogens is 346 g/mol. The van der Waals surface area contributed by atoms with Crippen LogP contribution < -0.4 is 10.6 Å². The highest BCUT2D eigenvalue weighted by atomic mass is 16.6. The number of carbonyl (C=O) groups excluding carboxylic acids is 3. The van der Waals surface area contributed by atoms with E-state index in [4.69, 9.17) is 4.74 Å². The van der Waals surface area contributed by atoms with E-state index < -0.39 is 0 Å². The number of ether oxygens (including phenoxy) is 1. The lowest BCUT2D eigenvalue weighted by molar-refractivity contribution is 0.0857. The van der Waals surface area contributed by atoms with Crippen molar-refractivity contribution in [3.05, 3.63) is 35.4 Å². The van der Waals surface area contributed by atoms with Crippen LogP contribution in [0.4, 0.5) is 4.79 Å². The molecule has 1 atom stereocenters. The first kappa shape index (κ1) is 20.7. The van der Waals surface area contributed by atoms with Gasteiger partial charge >= 0.3 is 6.09 Å². The van der Waals surface area contributed by atoms with Crippen LogP contribution >= 0.6 is 0 Å². The number of hydrogen-bond acceptors (Lipinski definition) is 4. The van der Waals surface area contributed by atoms with Crippen molar-refractivity contribution in [1.29, 1.82) is 0 Å². The lowest BCUT2D eigenvalue weighted by Gasteiger charge is -2.31. The molecule has 1 aliphatic heterocycles. The van der Waals surface area contributed by atoms with Crippen LogP contribution in [0.2, 0.25) is 0 Å².